The van der Waals surface area contributed by atoms with Gasteiger partial charge in [0, 0.05) is 11.6 Å². The molecule has 3 atom stereocenters. The predicted octanol–water partition coefficient (Wildman–Crippen LogP) is 6.39. The van der Waals surface area contributed by atoms with E-state index in [4.69, 9.17) is 28.9 Å². The van der Waals surface area contributed by atoms with Crippen LogP contribution in [0.4, 0.5) is 10.2 Å². The summed E-state index contributed by atoms with van der Waals surface area (Å²) in [5, 5.41) is 1.97. The Kier molecular flexibility index (Phi) is 5.30. The van der Waals surface area contributed by atoms with Crippen molar-refractivity contribution in [1.82, 2.24) is 19.5 Å². The highest BCUT2D eigenvalue weighted by atomic mass is 35.5. The van der Waals surface area contributed by atoms with Crippen molar-refractivity contribution in [3.05, 3.63) is 70.0 Å². The van der Waals surface area contributed by atoms with Crippen LogP contribution in [0.15, 0.2) is 48.4 Å². The molecule has 5 nitrogen and oxygen atoms in total. The van der Waals surface area contributed by atoms with Gasteiger partial charge in [-0.1, -0.05) is 48.7 Å². The lowest BCUT2D eigenvalue weighted by Crippen LogP contribution is -2.08. The molecule has 0 aliphatic heterocycles. The summed E-state index contributed by atoms with van der Waals surface area (Å²) in [4.78, 5) is 12.8. The van der Waals surface area contributed by atoms with E-state index >= 15 is 0 Å². The highest BCUT2D eigenvalue weighted by Gasteiger charge is 2.28. The van der Waals surface area contributed by atoms with Crippen LogP contribution < -0.4 is 5.73 Å². The zero-order valence-electron chi connectivity index (χ0n) is 17.7. The first kappa shape index (κ1) is 21.2. The number of fused-ring (bicyclic) bond motifs is 2. The van der Waals surface area contributed by atoms with Gasteiger partial charge in [-0.3, -0.25) is 0 Å². The maximum Gasteiger partial charge on any atom is 0.145 e. The average molecular weight is 470 g/mol. The Balaban J connectivity index is 1.43. The summed E-state index contributed by atoms with van der Waals surface area (Å²) in [6.45, 7) is 4.42. The van der Waals surface area contributed by atoms with Crippen LogP contribution in [0.3, 0.4) is 0 Å². The minimum absolute atomic E-state index is 0.197. The predicted molar refractivity (Wildman–Crippen MR) is 127 cm³/mol. The van der Waals surface area contributed by atoms with Crippen LogP contribution >= 0.6 is 23.2 Å². The number of nitrogens with zero attached hydrogens (tertiary/aromatic N) is 4. The third-order valence-electron chi connectivity index (χ3n) is 6.40. The minimum Gasteiger partial charge on any atom is -0.382 e. The SMILES string of the molecule is CC(Cc1cc(F)c2cc(Cl)c(N)nc2c1)C1=CC(n2ccc3c(Cl)ncnc32)CC1C. The fourth-order valence-corrected chi connectivity index (χ4v) is 5.21. The van der Waals surface area contributed by atoms with E-state index in [-0.39, 0.29) is 28.6 Å². The topological polar surface area (TPSA) is 69.6 Å². The number of nitrogen functional groups attached to an aromatic ring is 1. The van der Waals surface area contributed by atoms with Gasteiger partial charge in [-0.05, 0) is 54.5 Å². The van der Waals surface area contributed by atoms with Gasteiger partial charge in [0.15, 0.2) is 0 Å². The molecule has 0 radical (unpaired) electrons. The van der Waals surface area contributed by atoms with Gasteiger partial charge >= 0.3 is 0 Å². The molecular weight excluding hydrogens is 448 g/mol. The van der Waals surface area contributed by atoms with Gasteiger partial charge in [-0.25, -0.2) is 19.3 Å². The second-order valence-corrected chi connectivity index (χ2v) is 9.37. The maximum absolute atomic E-state index is 14.7. The Hall–Kier alpha value is -2.70. The summed E-state index contributed by atoms with van der Waals surface area (Å²) >= 11 is 12.2. The average Bonchev–Trinajstić information content (AvgIpc) is 3.34. The summed E-state index contributed by atoms with van der Waals surface area (Å²) in [6, 6.07) is 7.16. The molecular formula is C24H22Cl2FN5. The number of halogens is 3. The van der Waals surface area contributed by atoms with Crippen molar-refractivity contribution in [2.24, 2.45) is 11.8 Å². The zero-order valence-corrected chi connectivity index (χ0v) is 19.2. The minimum atomic E-state index is -0.333. The van der Waals surface area contributed by atoms with E-state index in [9.17, 15) is 4.39 Å². The Labute approximate surface area is 195 Å². The summed E-state index contributed by atoms with van der Waals surface area (Å²) < 4.78 is 16.9. The van der Waals surface area contributed by atoms with E-state index in [1.54, 1.807) is 6.07 Å². The van der Waals surface area contributed by atoms with Gasteiger partial charge in [-0.15, -0.1) is 0 Å². The van der Waals surface area contributed by atoms with Crippen molar-refractivity contribution in [3.63, 3.8) is 0 Å². The quantitative estimate of drug-likeness (QED) is 0.277. The van der Waals surface area contributed by atoms with Gasteiger partial charge in [0.1, 0.15) is 28.8 Å². The Morgan fingerprint density at radius 2 is 2.03 bits per heavy atom. The van der Waals surface area contributed by atoms with Gasteiger partial charge in [0.05, 0.1) is 22.0 Å². The van der Waals surface area contributed by atoms with Crippen molar-refractivity contribution < 1.29 is 4.39 Å². The Morgan fingerprint density at radius 1 is 1.22 bits per heavy atom. The maximum atomic E-state index is 14.7. The molecule has 164 valence electrons. The number of rotatable bonds is 4. The van der Waals surface area contributed by atoms with E-state index in [2.05, 4.69) is 39.4 Å². The number of aromatic nitrogens is 4. The lowest BCUT2D eigenvalue weighted by Gasteiger charge is -2.18. The van der Waals surface area contributed by atoms with Crippen LogP contribution in [0, 0.1) is 17.7 Å². The number of allylic oxidation sites excluding steroid dienone is 2. The van der Waals surface area contributed by atoms with Crippen LogP contribution in [-0.2, 0) is 6.42 Å². The highest BCUT2D eigenvalue weighted by Crippen LogP contribution is 2.40. The molecule has 4 aromatic rings. The third-order valence-corrected chi connectivity index (χ3v) is 7.01. The van der Waals surface area contributed by atoms with Crippen LogP contribution in [0.1, 0.15) is 31.9 Å². The molecule has 3 heterocycles. The van der Waals surface area contributed by atoms with Crippen molar-refractivity contribution in [2.45, 2.75) is 32.7 Å². The van der Waals surface area contributed by atoms with E-state index < -0.39 is 0 Å². The highest BCUT2D eigenvalue weighted by molar-refractivity contribution is 6.34. The molecule has 0 spiro atoms. The lowest BCUT2D eigenvalue weighted by atomic mass is 9.88. The summed E-state index contributed by atoms with van der Waals surface area (Å²) in [6.07, 6.45) is 7.52. The molecule has 0 fully saturated rings. The van der Waals surface area contributed by atoms with Crippen molar-refractivity contribution >= 4 is 51.0 Å². The summed E-state index contributed by atoms with van der Waals surface area (Å²) in [7, 11) is 0. The normalized spacial score (nSPS) is 19.6. The molecule has 3 unspecified atom stereocenters. The van der Waals surface area contributed by atoms with Crippen LogP contribution in [0.5, 0.6) is 0 Å². The second-order valence-electron chi connectivity index (χ2n) is 8.60. The van der Waals surface area contributed by atoms with Gasteiger partial charge < -0.3 is 10.3 Å². The molecule has 1 aliphatic carbocycles. The van der Waals surface area contributed by atoms with Crippen molar-refractivity contribution in [1.29, 1.82) is 0 Å². The Bertz CT molecular complexity index is 1380. The van der Waals surface area contributed by atoms with Crippen LogP contribution in [0.25, 0.3) is 21.9 Å². The van der Waals surface area contributed by atoms with Gasteiger partial charge in [0.25, 0.3) is 0 Å². The molecule has 0 saturated carbocycles. The standard InChI is InChI=1S/C24H22Cl2FN5/c1-12(5-14-7-20(27)18-10-19(25)23(28)31-21(18)8-14)17-9-15(6-13(17)2)32-4-3-16-22(26)29-11-30-24(16)32/h3-4,7-13,15H,5-6H2,1-2H3,(H2,28,31). The van der Waals surface area contributed by atoms with E-state index in [0.29, 0.717) is 28.4 Å². The number of hydrogen-bond donors (Lipinski definition) is 1. The second kappa shape index (κ2) is 8.01. The molecule has 3 aromatic heterocycles. The number of hydrogen-bond acceptors (Lipinski definition) is 4. The molecule has 8 heteroatoms. The molecule has 0 saturated heterocycles. The third kappa shape index (κ3) is 3.61. The first-order chi connectivity index (χ1) is 15.3. The first-order valence-electron chi connectivity index (χ1n) is 10.5. The fraction of sp³-hybridized carbons (Fsp3) is 0.292. The van der Waals surface area contributed by atoms with E-state index in [0.717, 1.165) is 23.0 Å². The van der Waals surface area contributed by atoms with Crippen molar-refractivity contribution in [2.75, 3.05) is 5.73 Å². The summed E-state index contributed by atoms with van der Waals surface area (Å²) in [5.41, 5.74) is 9.43. The molecule has 5 rings (SSSR count). The van der Waals surface area contributed by atoms with Crippen LogP contribution in [0.2, 0.25) is 10.2 Å². The number of benzene rings is 1. The first-order valence-corrected chi connectivity index (χ1v) is 11.3. The molecule has 0 bridgehead atoms. The molecule has 0 amide bonds. The van der Waals surface area contributed by atoms with Crippen LogP contribution in [-0.4, -0.2) is 19.5 Å². The number of nitrogens with two attached hydrogens (primary N) is 1. The zero-order chi connectivity index (χ0) is 22.6. The number of pyridine rings is 1. The Morgan fingerprint density at radius 3 is 2.84 bits per heavy atom. The van der Waals surface area contributed by atoms with Gasteiger partial charge in [-0.2, -0.15) is 0 Å². The largest absolute Gasteiger partial charge is 0.382 e. The fourth-order valence-electron chi connectivity index (χ4n) is 4.87. The number of anilines is 1. The molecule has 32 heavy (non-hydrogen) atoms. The molecule has 2 N–H and O–H groups in total. The van der Waals surface area contributed by atoms with E-state index in [1.165, 1.54) is 18.0 Å². The molecule has 1 aromatic carbocycles. The monoisotopic (exact) mass is 469 g/mol. The lowest BCUT2D eigenvalue weighted by molar-refractivity contribution is 0.503. The van der Waals surface area contributed by atoms with Gasteiger partial charge in [0.2, 0.25) is 0 Å². The molecule has 1 aliphatic rings. The van der Waals surface area contributed by atoms with Crippen molar-refractivity contribution in [3.8, 4) is 0 Å². The van der Waals surface area contributed by atoms with E-state index in [1.807, 2.05) is 18.3 Å². The smallest absolute Gasteiger partial charge is 0.145 e. The summed E-state index contributed by atoms with van der Waals surface area (Å²) in [5.74, 6) is 0.529.